The second kappa shape index (κ2) is 5.59. The van der Waals surface area contributed by atoms with Crippen LogP contribution in [0.15, 0.2) is 48.5 Å². The lowest BCUT2D eigenvalue weighted by molar-refractivity contribution is 0.410. The SMILES string of the molecule is COc1cc2c(cc1Cc1ccccc1)C=CCN2Cl. The summed E-state index contributed by atoms with van der Waals surface area (Å²) in [6.45, 7) is 0.718. The highest BCUT2D eigenvalue weighted by molar-refractivity contribution is 6.26. The van der Waals surface area contributed by atoms with Crippen molar-refractivity contribution >= 4 is 23.5 Å². The van der Waals surface area contributed by atoms with Gasteiger partial charge in [-0.15, -0.1) is 0 Å². The number of nitrogens with zero attached hydrogens (tertiary/aromatic N) is 1. The number of halogens is 1. The van der Waals surface area contributed by atoms with Gasteiger partial charge in [0, 0.05) is 24.3 Å². The molecule has 0 N–H and O–H groups in total. The minimum absolute atomic E-state index is 0.718. The molecule has 0 atom stereocenters. The smallest absolute Gasteiger partial charge is 0.124 e. The molecule has 102 valence electrons. The van der Waals surface area contributed by atoms with Gasteiger partial charge in [0.15, 0.2) is 0 Å². The van der Waals surface area contributed by atoms with Crippen molar-refractivity contribution in [1.82, 2.24) is 0 Å². The van der Waals surface area contributed by atoms with Crippen LogP contribution in [0.5, 0.6) is 5.75 Å². The highest BCUT2D eigenvalue weighted by atomic mass is 35.5. The Morgan fingerprint density at radius 2 is 2.00 bits per heavy atom. The molecule has 0 unspecified atom stereocenters. The Labute approximate surface area is 124 Å². The Kier molecular flexibility index (Phi) is 3.66. The van der Waals surface area contributed by atoms with Crippen molar-refractivity contribution in [1.29, 1.82) is 0 Å². The first-order chi connectivity index (χ1) is 9.78. The Morgan fingerprint density at radius 3 is 2.75 bits per heavy atom. The van der Waals surface area contributed by atoms with Crippen molar-refractivity contribution in [3.63, 3.8) is 0 Å². The molecule has 2 aromatic carbocycles. The van der Waals surface area contributed by atoms with Gasteiger partial charge in [-0.1, -0.05) is 42.5 Å². The summed E-state index contributed by atoms with van der Waals surface area (Å²) in [4.78, 5) is 0. The zero-order valence-corrected chi connectivity index (χ0v) is 12.1. The maximum Gasteiger partial charge on any atom is 0.124 e. The first-order valence-electron chi connectivity index (χ1n) is 6.62. The van der Waals surface area contributed by atoms with E-state index in [1.807, 2.05) is 12.1 Å². The molecule has 0 spiro atoms. The van der Waals surface area contributed by atoms with Gasteiger partial charge in [-0.2, -0.15) is 0 Å². The van der Waals surface area contributed by atoms with Crippen molar-refractivity contribution in [2.75, 3.05) is 18.1 Å². The minimum Gasteiger partial charge on any atom is -0.496 e. The van der Waals surface area contributed by atoms with Crippen LogP contribution in [0.2, 0.25) is 0 Å². The second-order valence-corrected chi connectivity index (χ2v) is 5.24. The molecule has 0 bridgehead atoms. The van der Waals surface area contributed by atoms with Gasteiger partial charge in [0.1, 0.15) is 5.75 Å². The maximum absolute atomic E-state index is 6.22. The van der Waals surface area contributed by atoms with E-state index < -0.39 is 0 Å². The van der Waals surface area contributed by atoms with E-state index in [2.05, 4.69) is 42.5 Å². The molecule has 0 saturated heterocycles. The van der Waals surface area contributed by atoms with E-state index in [-0.39, 0.29) is 0 Å². The summed E-state index contributed by atoms with van der Waals surface area (Å²) in [7, 11) is 1.70. The quantitative estimate of drug-likeness (QED) is 0.781. The number of anilines is 1. The van der Waals surface area contributed by atoms with Crippen LogP contribution in [-0.2, 0) is 6.42 Å². The van der Waals surface area contributed by atoms with Crippen LogP contribution >= 0.6 is 11.8 Å². The zero-order valence-electron chi connectivity index (χ0n) is 11.3. The normalized spacial score (nSPS) is 13.2. The average Bonchev–Trinajstić information content (AvgIpc) is 2.48. The molecule has 1 heterocycles. The molecule has 2 nitrogen and oxygen atoms in total. The highest BCUT2D eigenvalue weighted by Gasteiger charge is 2.15. The third-order valence-electron chi connectivity index (χ3n) is 3.49. The van der Waals surface area contributed by atoms with Gasteiger partial charge in [-0.05, 0) is 22.8 Å². The number of methoxy groups -OCH3 is 1. The molecule has 1 aliphatic rings. The summed E-state index contributed by atoms with van der Waals surface area (Å²) in [6, 6.07) is 14.6. The summed E-state index contributed by atoms with van der Waals surface area (Å²) >= 11 is 6.22. The number of hydrogen-bond donors (Lipinski definition) is 0. The standard InChI is InChI=1S/C17H16ClNO/c1-20-17-12-16-14(8-5-9-19(16)18)11-15(17)10-13-6-3-2-4-7-13/h2-8,11-12H,9-10H2,1H3. The maximum atomic E-state index is 6.22. The molecule has 0 aliphatic carbocycles. The van der Waals surface area contributed by atoms with Gasteiger partial charge >= 0.3 is 0 Å². The fourth-order valence-corrected chi connectivity index (χ4v) is 2.72. The van der Waals surface area contributed by atoms with E-state index in [1.165, 1.54) is 11.1 Å². The van der Waals surface area contributed by atoms with Gasteiger partial charge in [0.05, 0.1) is 19.3 Å². The fourth-order valence-electron chi connectivity index (χ4n) is 2.49. The van der Waals surface area contributed by atoms with E-state index in [4.69, 9.17) is 16.5 Å². The first kappa shape index (κ1) is 13.1. The van der Waals surface area contributed by atoms with Gasteiger partial charge in [-0.25, -0.2) is 0 Å². The monoisotopic (exact) mass is 285 g/mol. The van der Waals surface area contributed by atoms with Crippen LogP contribution in [0.3, 0.4) is 0 Å². The van der Waals surface area contributed by atoms with E-state index in [0.717, 1.165) is 30.0 Å². The van der Waals surface area contributed by atoms with E-state index in [0.29, 0.717) is 0 Å². The minimum atomic E-state index is 0.718. The lowest BCUT2D eigenvalue weighted by Gasteiger charge is -2.22. The summed E-state index contributed by atoms with van der Waals surface area (Å²) < 4.78 is 7.24. The molecule has 0 radical (unpaired) electrons. The Morgan fingerprint density at radius 1 is 1.20 bits per heavy atom. The van der Waals surface area contributed by atoms with Crippen molar-refractivity contribution < 1.29 is 4.74 Å². The largest absolute Gasteiger partial charge is 0.496 e. The van der Waals surface area contributed by atoms with E-state index >= 15 is 0 Å². The van der Waals surface area contributed by atoms with Crippen molar-refractivity contribution in [2.24, 2.45) is 0 Å². The predicted molar refractivity (Wildman–Crippen MR) is 84.5 cm³/mol. The summed E-state index contributed by atoms with van der Waals surface area (Å²) in [5.74, 6) is 0.883. The molecule has 3 heteroatoms. The summed E-state index contributed by atoms with van der Waals surface area (Å²) in [6.07, 6.45) is 5.03. The lowest BCUT2D eigenvalue weighted by atomic mass is 9.99. The van der Waals surface area contributed by atoms with Crippen molar-refractivity contribution in [2.45, 2.75) is 6.42 Å². The highest BCUT2D eigenvalue weighted by Crippen LogP contribution is 2.35. The molecule has 0 amide bonds. The third kappa shape index (κ3) is 2.52. The third-order valence-corrected chi connectivity index (χ3v) is 3.81. The van der Waals surface area contributed by atoms with Gasteiger partial charge < -0.3 is 4.74 Å². The zero-order chi connectivity index (χ0) is 13.9. The molecule has 0 saturated carbocycles. The van der Waals surface area contributed by atoms with Gasteiger partial charge in [-0.3, -0.25) is 4.42 Å². The average molecular weight is 286 g/mol. The predicted octanol–water partition coefficient (Wildman–Crippen LogP) is 4.27. The summed E-state index contributed by atoms with van der Waals surface area (Å²) in [5.41, 5.74) is 4.59. The van der Waals surface area contributed by atoms with Crippen LogP contribution in [0.4, 0.5) is 5.69 Å². The number of hydrogen-bond acceptors (Lipinski definition) is 2. The number of ether oxygens (including phenoxy) is 1. The molecule has 20 heavy (non-hydrogen) atoms. The Bertz CT molecular complexity index is 637. The number of fused-ring (bicyclic) bond motifs is 1. The molecule has 1 aliphatic heterocycles. The molecule has 2 aromatic rings. The van der Waals surface area contributed by atoms with E-state index in [9.17, 15) is 0 Å². The van der Waals surface area contributed by atoms with Crippen LogP contribution in [0.1, 0.15) is 16.7 Å². The molecule has 3 rings (SSSR count). The lowest BCUT2D eigenvalue weighted by Crippen LogP contribution is -2.14. The Hall–Kier alpha value is -1.93. The molecule has 0 aromatic heterocycles. The van der Waals surface area contributed by atoms with Crippen LogP contribution < -0.4 is 9.16 Å². The molecule has 0 fully saturated rings. The van der Waals surface area contributed by atoms with Crippen LogP contribution in [0.25, 0.3) is 6.08 Å². The van der Waals surface area contributed by atoms with Crippen LogP contribution in [0, 0.1) is 0 Å². The van der Waals surface area contributed by atoms with Crippen LogP contribution in [-0.4, -0.2) is 13.7 Å². The van der Waals surface area contributed by atoms with E-state index in [1.54, 1.807) is 11.5 Å². The first-order valence-corrected chi connectivity index (χ1v) is 6.96. The molecular weight excluding hydrogens is 270 g/mol. The number of rotatable bonds is 3. The fraction of sp³-hybridized carbons (Fsp3) is 0.176. The van der Waals surface area contributed by atoms with Gasteiger partial charge in [0.25, 0.3) is 0 Å². The summed E-state index contributed by atoms with van der Waals surface area (Å²) in [5, 5.41) is 0. The van der Waals surface area contributed by atoms with Crippen molar-refractivity contribution in [3.05, 3.63) is 65.2 Å². The topological polar surface area (TPSA) is 12.5 Å². The van der Waals surface area contributed by atoms with Gasteiger partial charge in [0.2, 0.25) is 0 Å². The van der Waals surface area contributed by atoms with Crippen molar-refractivity contribution in [3.8, 4) is 5.75 Å². The Balaban J connectivity index is 2.01. The molecular formula is C17H16ClNO. The number of benzene rings is 2. The second-order valence-electron chi connectivity index (χ2n) is 4.83.